The molecule has 0 unspecified atom stereocenters. The molecule has 2 aliphatic heterocycles. The summed E-state index contributed by atoms with van der Waals surface area (Å²) in [5.41, 5.74) is 3.41. The lowest BCUT2D eigenvalue weighted by molar-refractivity contribution is -0.142. The largest absolute Gasteiger partial charge is 0.497 e. The van der Waals surface area contributed by atoms with Gasteiger partial charge in [0.05, 0.1) is 7.11 Å². The van der Waals surface area contributed by atoms with E-state index in [1.807, 2.05) is 47.4 Å². The van der Waals surface area contributed by atoms with E-state index in [0.29, 0.717) is 24.6 Å². The average molecular weight is 364 g/mol. The van der Waals surface area contributed by atoms with E-state index in [1.54, 1.807) is 7.11 Å². The fourth-order valence-electron chi connectivity index (χ4n) is 3.85. The van der Waals surface area contributed by atoms with Crippen molar-refractivity contribution in [2.24, 2.45) is 0 Å². The van der Waals surface area contributed by atoms with Crippen molar-refractivity contribution < 1.29 is 19.0 Å². The van der Waals surface area contributed by atoms with Gasteiger partial charge in [-0.05, 0) is 30.3 Å². The van der Waals surface area contributed by atoms with Gasteiger partial charge in [-0.15, -0.1) is 0 Å². The van der Waals surface area contributed by atoms with E-state index in [0.717, 1.165) is 28.6 Å². The number of fused-ring (bicyclic) bond motifs is 4. The van der Waals surface area contributed by atoms with Crippen LogP contribution in [-0.2, 0) is 17.8 Å². The lowest BCUT2D eigenvalue weighted by Gasteiger charge is -2.32. The molecular weight excluding hydrogens is 344 g/mol. The lowest BCUT2D eigenvalue weighted by Crippen LogP contribution is -2.47. The maximum absolute atomic E-state index is 13.0. The molecule has 0 aliphatic carbocycles. The summed E-state index contributed by atoms with van der Waals surface area (Å²) in [6, 6.07) is 13.4. The summed E-state index contributed by atoms with van der Waals surface area (Å²) in [5.74, 6) is 2.09. The molecule has 27 heavy (non-hydrogen) atoms. The fourth-order valence-corrected chi connectivity index (χ4v) is 3.85. The summed E-state index contributed by atoms with van der Waals surface area (Å²) in [4.78, 5) is 18.4. The van der Waals surface area contributed by atoms with E-state index in [9.17, 15) is 4.79 Å². The van der Waals surface area contributed by atoms with E-state index >= 15 is 0 Å². The molecule has 0 saturated heterocycles. The maximum Gasteiger partial charge on any atom is 0.267 e. The number of carbonyl (C=O) groups is 1. The second-order valence-corrected chi connectivity index (χ2v) is 6.87. The van der Waals surface area contributed by atoms with Crippen molar-refractivity contribution in [2.75, 3.05) is 20.3 Å². The molecule has 5 rings (SSSR count). The van der Waals surface area contributed by atoms with Crippen LogP contribution in [0.4, 0.5) is 0 Å². The summed E-state index contributed by atoms with van der Waals surface area (Å²) >= 11 is 0. The van der Waals surface area contributed by atoms with Gasteiger partial charge >= 0.3 is 0 Å². The number of hydrogen-bond donors (Lipinski definition) is 1. The summed E-state index contributed by atoms with van der Waals surface area (Å²) in [7, 11) is 1.66. The van der Waals surface area contributed by atoms with Gasteiger partial charge in [-0.1, -0.05) is 12.1 Å². The Balaban J connectivity index is 1.40. The molecule has 0 saturated carbocycles. The Hall–Kier alpha value is -3.15. The second kappa shape index (κ2) is 6.23. The summed E-state index contributed by atoms with van der Waals surface area (Å²) in [6.07, 6.45) is 0.184. The van der Waals surface area contributed by atoms with E-state index < -0.39 is 6.10 Å². The van der Waals surface area contributed by atoms with Gasteiger partial charge in [0.25, 0.3) is 5.91 Å². The van der Waals surface area contributed by atoms with Gasteiger partial charge in [0.15, 0.2) is 11.5 Å². The highest BCUT2D eigenvalue weighted by Crippen LogP contribution is 2.33. The third-order valence-corrected chi connectivity index (χ3v) is 5.28. The van der Waals surface area contributed by atoms with E-state index in [1.165, 1.54) is 5.69 Å². The second-order valence-electron chi connectivity index (χ2n) is 6.87. The van der Waals surface area contributed by atoms with Crippen LogP contribution < -0.4 is 14.2 Å². The van der Waals surface area contributed by atoms with E-state index in [2.05, 4.69) is 4.98 Å². The van der Waals surface area contributed by atoms with Crippen molar-refractivity contribution in [3.8, 4) is 17.2 Å². The van der Waals surface area contributed by atoms with Gasteiger partial charge in [-0.25, -0.2) is 0 Å². The van der Waals surface area contributed by atoms with Crippen LogP contribution in [0.3, 0.4) is 0 Å². The Labute approximate surface area is 156 Å². The normalized spacial score (nSPS) is 18.3. The van der Waals surface area contributed by atoms with Crippen LogP contribution in [0.15, 0.2) is 42.5 Å². The molecular formula is C21H20N2O4. The molecule has 6 heteroatoms. The first kappa shape index (κ1) is 16.1. The minimum Gasteiger partial charge on any atom is -0.497 e. The first-order valence-electron chi connectivity index (χ1n) is 9.07. The zero-order valence-electron chi connectivity index (χ0n) is 15.0. The summed E-state index contributed by atoms with van der Waals surface area (Å²) < 4.78 is 17.0. The molecule has 1 amide bonds. The topological polar surface area (TPSA) is 63.8 Å². The first-order valence-corrected chi connectivity index (χ1v) is 9.07. The summed E-state index contributed by atoms with van der Waals surface area (Å²) in [6.45, 7) is 1.46. The van der Waals surface area contributed by atoms with Crippen LogP contribution in [0.5, 0.6) is 17.2 Å². The minimum atomic E-state index is -0.610. The molecule has 1 atom stereocenters. The van der Waals surface area contributed by atoms with Gasteiger partial charge in [0.1, 0.15) is 12.4 Å². The Morgan fingerprint density at radius 3 is 2.93 bits per heavy atom. The first-order chi connectivity index (χ1) is 13.2. The number of aromatic amines is 1. The van der Waals surface area contributed by atoms with Crippen LogP contribution in [0, 0.1) is 0 Å². The van der Waals surface area contributed by atoms with Crippen molar-refractivity contribution in [2.45, 2.75) is 19.1 Å². The van der Waals surface area contributed by atoms with Crippen LogP contribution >= 0.6 is 0 Å². The lowest BCUT2D eigenvalue weighted by atomic mass is 10.0. The highest BCUT2D eigenvalue weighted by atomic mass is 16.6. The standard InChI is InChI=1S/C21H20N2O4/c1-25-13-6-7-16-14(10-13)15-11-23(9-8-17(15)22-16)21(24)20-12-26-18-4-2-3-5-19(18)27-20/h2-7,10,20,22H,8-9,11-12H2,1H3/t20-/m0/s1. The average Bonchev–Trinajstić information content (AvgIpc) is 3.09. The number of nitrogens with one attached hydrogen (secondary N) is 1. The number of H-pyrrole nitrogens is 1. The SMILES string of the molecule is COc1ccc2[nH]c3c(c2c1)CN(C(=O)[C@@H]1COc2ccccc2O1)CC3. The number of methoxy groups -OCH3 is 1. The fraction of sp³-hybridized carbons (Fsp3) is 0.286. The highest BCUT2D eigenvalue weighted by Gasteiger charge is 2.33. The highest BCUT2D eigenvalue weighted by molar-refractivity contribution is 5.88. The van der Waals surface area contributed by atoms with Crippen LogP contribution in [0.1, 0.15) is 11.3 Å². The van der Waals surface area contributed by atoms with Crippen LogP contribution in [0.25, 0.3) is 10.9 Å². The molecule has 3 heterocycles. The molecule has 1 aromatic heterocycles. The van der Waals surface area contributed by atoms with Crippen LogP contribution in [0.2, 0.25) is 0 Å². The predicted molar refractivity (Wildman–Crippen MR) is 100 cm³/mol. The van der Waals surface area contributed by atoms with Crippen molar-refractivity contribution in [3.05, 3.63) is 53.7 Å². The number of nitrogens with zero attached hydrogens (tertiary/aromatic N) is 1. The maximum atomic E-state index is 13.0. The third-order valence-electron chi connectivity index (χ3n) is 5.28. The van der Waals surface area contributed by atoms with E-state index in [-0.39, 0.29) is 12.5 Å². The van der Waals surface area contributed by atoms with Gasteiger partial charge in [-0.2, -0.15) is 0 Å². The van der Waals surface area contributed by atoms with Crippen molar-refractivity contribution in [1.29, 1.82) is 0 Å². The number of carbonyl (C=O) groups excluding carboxylic acids is 1. The number of hydrogen-bond acceptors (Lipinski definition) is 4. The Morgan fingerprint density at radius 1 is 1.22 bits per heavy atom. The monoisotopic (exact) mass is 364 g/mol. The molecule has 0 bridgehead atoms. The van der Waals surface area contributed by atoms with E-state index in [4.69, 9.17) is 14.2 Å². The molecule has 0 fully saturated rings. The molecule has 1 N–H and O–H groups in total. The Kier molecular flexibility index (Phi) is 3.70. The van der Waals surface area contributed by atoms with Crippen molar-refractivity contribution >= 4 is 16.8 Å². The number of amides is 1. The summed E-state index contributed by atoms with van der Waals surface area (Å²) in [5, 5.41) is 1.10. The molecule has 138 valence electrons. The van der Waals surface area contributed by atoms with Gasteiger partial charge < -0.3 is 24.1 Å². The third kappa shape index (κ3) is 2.68. The molecule has 2 aliphatic rings. The van der Waals surface area contributed by atoms with Gasteiger partial charge in [-0.3, -0.25) is 4.79 Å². The number of rotatable bonds is 2. The Morgan fingerprint density at radius 2 is 2.07 bits per heavy atom. The van der Waals surface area contributed by atoms with Crippen molar-refractivity contribution in [1.82, 2.24) is 9.88 Å². The number of aromatic nitrogens is 1. The smallest absolute Gasteiger partial charge is 0.267 e. The van der Waals surface area contributed by atoms with Crippen molar-refractivity contribution in [3.63, 3.8) is 0 Å². The quantitative estimate of drug-likeness (QED) is 0.759. The van der Waals surface area contributed by atoms with Crippen LogP contribution in [-0.4, -0.2) is 42.2 Å². The molecule has 0 spiro atoms. The number of ether oxygens (including phenoxy) is 3. The zero-order valence-corrected chi connectivity index (χ0v) is 15.0. The zero-order chi connectivity index (χ0) is 18.4. The number of para-hydroxylation sites is 2. The molecule has 6 nitrogen and oxygen atoms in total. The van der Waals surface area contributed by atoms with Gasteiger partial charge in [0.2, 0.25) is 6.10 Å². The number of benzene rings is 2. The van der Waals surface area contributed by atoms with Gasteiger partial charge in [0, 0.05) is 41.7 Å². The predicted octanol–water partition coefficient (Wildman–Crippen LogP) is 2.90. The Bertz CT molecular complexity index is 1030. The minimum absolute atomic E-state index is 0.0348. The molecule has 0 radical (unpaired) electrons. The molecule has 2 aromatic carbocycles. The molecule has 3 aromatic rings.